The van der Waals surface area contributed by atoms with Gasteiger partial charge in [-0.05, 0) is 6.07 Å². The van der Waals surface area contributed by atoms with Gasteiger partial charge in [0.25, 0.3) is 5.91 Å². The van der Waals surface area contributed by atoms with Gasteiger partial charge in [-0.3, -0.25) is 14.9 Å². The topological polar surface area (TPSA) is 70.7 Å². The highest BCUT2D eigenvalue weighted by molar-refractivity contribution is 6.03. The van der Waals surface area contributed by atoms with Gasteiger partial charge in [0.05, 0.1) is 18.0 Å². The smallest absolute Gasteiger partial charge is 0.259 e. The number of carbonyl (C=O) groups is 1. The number of aromatic nitrogens is 3. The number of nitrogens with one attached hydrogen (secondary N) is 2. The van der Waals surface area contributed by atoms with E-state index < -0.39 is 11.7 Å². The molecular weight excluding hydrogens is 199 g/mol. The lowest BCUT2D eigenvalue weighted by molar-refractivity contribution is 0.102. The summed E-state index contributed by atoms with van der Waals surface area (Å²) >= 11 is 0. The Bertz CT molecular complexity index is 469. The van der Waals surface area contributed by atoms with Crippen molar-refractivity contribution in [2.24, 2.45) is 0 Å². The fourth-order valence-corrected chi connectivity index (χ4v) is 1.07. The number of rotatable bonds is 2. The van der Waals surface area contributed by atoms with E-state index in [0.29, 0.717) is 5.82 Å². The van der Waals surface area contributed by atoms with Gasteiger partial charge < -0.3 is 5.32 Å². The second kappa shape index (κ2) is 3.87. The molecule has 2 aromatic rings. The lowest BCUT2D eigenvalue weighted by atomic mass is 10.2. The molecule has 15 heavy (non-hydrogen) atoms. The third-order valence-corrected chi connectivity index (χ3v) is 1.77. The summed E-state index contributed by atoms with van der Waals surface area (Å²) in [4.78, 5) is 15.1. The molecule has 0 radical (unpaired) electrons. The van der Waals surface area contributed by atoms with Crippen molar-refractivity contribution < 1.29 is 9.18 Å². The van der Waals surface area contributed by atoms with E-state index in [-0.39, 0.29) is 5.56 Å². The van der Waals surface area contributed by atoms with Crippen molar-refractivity contribution in [3.05, 3.63) is 42.1 Å². The van der Waals surface area contributed by atoms with Gasteiger partial charge in [0.1, 0.15) is 5.82 Å². The van der Waals surface area contributed by atoms with E-state index >= 15 is 0 Å². The largest absolute Gasteiger partial charge is 0.307 e. The van der Waals surface area contributed by atoms with Crippen LogP contribution >= 0.6 is 0 Å². The van der Waals surface area contributed by atoms with Crippen LogP contribution in [0.5, 0.6) is 0 Å². The summed E-state index contributed by atoms with van der Waals surface area (Å²) in [6, 6.07) is 2.87. The number of anilines is 1. The van der Waals surface area contributed by atoms with Gasteiger partial charge in [-0.2, -0.15) is 5.10 Å². The van der Waals surface area contributed by atoms with Crippen molar-refractivity contribution in [3.63, 3.8) is 0 Å². The first-order valence-corrected chi connectivity index (χ1v) is 4.17. The maximum Gasteiger partial charge on any atom is 0.259 e. The zero-order valence-electron chi connectivity index (χ0n) is 7.57. The van der Waals surface area contributed by atoms with Crippen LogP contribution < -0.4 is 5.32 Å². The van der Waals surface area contributed by atoms with Crippen LogP contribution in [0.3, 0.4) is 0 Å². The zero-order chi connectivity index (χ0) is 10.7. The number of nitrogens with zero attached hydrogens (tertiary/aromatic N) is 2. The molecule has 1 amide bonds. The molecule has 0 aliphatic carbocycles. The Morgan fingerprint density at radius 3 is 2.93 bits per heavy atom. The molecule has 2 aromatic heterocycles. The number of aromatic amines is 1. The van der Waals surface area contributed by atoms with Gasteiger partial charge in [0.15, 0.2) is 5.82 Å². The van der Waals surface area contributed by atoms with E-state index in [1.165, 1.54) is 18.5 Å². The van der Waals surface area contributed by atoms with E-state index in [9.17, 15) is 9.18 Å². The molecule has 0 atom stereocenters. The molecule has 0 saturated carbocycles. The highest BCUT2D eigenvalue weighted by atomic mass is 19.1. The van der Waals surface area contributed by atoms with Crippen molar-refractivity contribution in [2.45, 2.75) is 0 Å². The Balaban J connectivity index is 2.19. The van der Waals surface area contributed by atoms with E-state index in [0.717, 1.165) is 6.20 Å². The molecule has 76 valence electrons. The molecule has 5 nitrogen and oxygen atoms in total. The number of carbonyl (C=O) groups excluding carboxylic acids is 1. The predicted octanol–water partition coefficient (Wildman–Crippen LogP) is 1.20. The molecule has 0 aromatic carbocycles. The molecule has 6 heteroatoms. The van der Waals surface area contributed by atoms with Crippen LogP contribution in [-0.4, -0.2) is 21.1 Å². The number of amides is 1. The van der Waals surface area contributed by atoms with Crippen molar-refractivity contribution in [1.82, 2.24) is 15.2 Å². The molecule has 0 unspecified atom stereocenters. The summed E-state index contributed by atoms with van der Waals surface area (Å²) in [6.45, 7) is 0. The molecule has 0 aliphatic rings. The monoisotopic (exact) mass is 206 g/mol. The predicted molar refractivity (Wildman–Crippen MR) is 50.7 cm³/mol. The first-order chi connectivity index (χ1) is 7.27. The third-order valence-electron chi connectivity index (χ3n) is 1.77. The van der Waals surface area contributed by atoms with Gasteiger partial charge in [-0.15, -0.1) is 0 Å². The first kappa shape index (κ1) is 9.32. The van der Waals surface area contributed by atoms with Crippen LogP contribution in [-0.2, 0) is 0 Å². The van der Waals surface area contributed by atoms with Gasteiger partial charge in [0, 0.05) is 12.3 Å². The summed E-state index contributed by atoms with van der Waals surface area (Å²) < 4.78 is 13.1. The SMILES string of the molecule is O=C(Nc1ccn[nH]1)c1ccncc1F. The van der Waals surface area contributed by atoms with E-state index in [4.69, 9.17) is 0 Å². The molecule has 2 rings (SSSR count). The summed E-state index contributed by atoms with van der Waals surface area (Å²) in [7, 11) is 0. The van der Waals surface area contributed by atoms with Crippen molar-refractivity contribution >= 4 is 11.7 Å². The van der Waals surface area contributed by atoms with Crippen LogP contribution in [0.15, 0.2) is 30.7 Å². The van der Waals surface area contributed by atoms with Crippen LogP contribution in [0, 0.1) is 5.82 Å². The minimum Gasteiger partial charge on any atom is -0.307 e. The molecule has 0 bridgehead atoms. The Kier molecular flexibility index (Phi) is 2.40. The Morgan fingerprint density at radius 2 is 2.27 bits per heavy atom. The van der Waals surface area contributed by atoms with Crippen LogP contribution in [0.2, 0.25) is 0 Å². The zero-order valence-corrected chi connectivity index (χ0v) is 7.57. The molecular formula is C9H7FN4O. The van der Waals surface area contributed by atoms with Crippen molar-refractivity contribution in [2.75, 3.05) is 5.32 Å². The normalized spacial score (nSPS) is 9.93. The van der Waals surface area contributed by atoms with Crippen LogP contribution in [0.25, 0.3) is 0 Å². The second-order valence-electron chi connectivity index (χ2n) is 2.78. The third kappa shape index (κ3) is 1.98. The second-order valence-corrected chi connectivity index (χ2v) is 2.78. The van der Waals surface area contributed by atoms with Crippen molar-refractivity contribution in [1.29, 1.82) is 0 Å². The minimum absolute atomic E-state index is 0.0559. The lowest BCUT2D eigenvalue weighted by Gasteiger charge is -2.02. The first-order valence-electron chi connectivity index (χ1n) is 4.17. The number of hydrogen-bond donors (Lipinski definition) is 2. The number of pyridine rings is 1. The summed E-state index contributed by atoms with van der Waals surface area (Å²) in [6.07, 6.45) is 3.82. The van der Waals surface area contributed by atoms with E-state index in [2.05, 4.69) is 20.5 Å². The van der Waals surface area contributed by atoms with E-state index in [1.807, 2.05) is 0 Å². The standard InChI is InChI=1S/C9H7FN4O/c10-7-5-11-3-1-6(7)9(15)13-8-2-4-12-14-8/h1-5H,(H2,12,13,14,15). The molecule has 2 N–H and O–H groups in total. The number of halogens is 1. The maximum absolute atomic E-state index is 13.1. The fraction of sp³-hybridized carbons (Fsp3) is 0. The van der Waals surface area contributed by atoms with Crippen LogP contribution in [0.4, 0.5) is 10.2 Å². The Hall–Kier alpha value is -2.24. The van der Waals surface area contributed by atoms with Crippen molar-refractivity contribution in [3.8, 4) is 0 Å². The van der Waals surface area contributed by atoms with Gasteiger partial charge >= 0.3 is 0 Å². The fourth-order valence-electron chi connectivity index (χ4n) is 1.07. The maximum atomic E-state index is 13.1. The lowest BCUT2D eigenvalue weighted by Crippen LogP contribution is -2.14. The minimum atomic E-state index is -0.658. The Labute approximate surface area is 84.3 Å². The highest BCUT2D eigenvalue weighted by Gasteiger charge is 2.11. The number of hydrogen-bond acceptors (Lipinski definition) is 3. The summed E-state index contributed by atoms with van der Waals surface area (Å²) in [5.41, 5.74) is -0.0559. The quantitative estimate of drug-likeness (QED) is 0.775. The van der Waals surface area contributed by atoms with Gasteiger partial charge in [0.2, 0.25) is 0 Å². The average Bonchev–Trinajstić information content (AvgIpc) is 2.71. The highest BCUT2D eigenvalue weighted by Crippen LogP contribution is 2.07. The van der Waals surface area contributed by atoms with Crippen LogP contribution in [0.1, 0.15) is 10.4 Å². The molecule has 2 heterocycles. The summed E-state index contributed by atoms with van der Waals surface area (Å²) in [5.74, 6) is -0.787. The molecule has 0 aliphatic heterocycles. The molecule has 0 fully saturated rings. The van der Waals surface area contributed by atoms with E-state index in [1.54, 1.807) is 6.07 Å². The molecule has 0 spiro atoms. The average molecular weight is 206 g/mol. The van der Waals surface area contributed by atoms with Gasteiger partial charge in [-0.1, -0.05) is 0 Å². The number of H-pyrrole nitrogens is 1. The summed E-state index contributed by atoms with van der Waals surface area (Å²) in [5, 5.41) is 8.64. The van der Waals surface area contributed by atoms with Gasteiger partial charge in [-0.25, -0.2) is 4.39 Å². The Morgan fingerprint density at radius 1 is 1.40 bits per heavy atom. The molecule has 0 saturated heterocycles.